The van der Waals surface area contributed by atoms with Gasteiger partial charge in [0.2, 0.25) is 11.1 Å². The van der Waals surface area contributed by atoms with E-state index >= 15 is 0 Å². The zero-order chi connectivity index (χ0) is 14.7. The molecule has 0 atom stereocenters. The molecule has 114 valence electrons. The lowest BCUT2D eigenvalue weighted by Crippen LogP contribution is -2.39. The number of Topliss-reactive ketones (excluding diaryl/α,β-unsaturated/α-hetero) is 1. The summed E-state index contributed by atoms with van der Waals surface area (Å²) >= 11 is 1.39. The fourth-order valence-corrected chi connectivity index (χ4v) is 3.73. The third-order valence-corrected chi connectivity index (χ3v) is 5.05. The second-order valence-corrected chi connectivity index (χ2v) is 6.49. The SMILES string of the molecule is O=C1CCN(C(=O)CSc2nnnn2C2CCCC2)CC1. The predicted molar refractivity (Wildman–Crippen MR) is 76.9 cm³/mol. The molecule has 1 amide bonds. The van der Waals surface area contributed by atoms with E-state index in [2.05, 4.69) is 15.5 Å². The van der Waals surface area contributed by atoms with Gasteiger partial charge in [0.25, 0.3) is 0 Å². The Hall–Kier alpha value is -1.44. The molecule has 7 nitrogen and oxygen atoms in total. The molecular formula is C13H19N5O2S. The lowest BCUT2D eigenvalue weighted by atomic mass is 10.1. The summed E-state index contributed by atoms with van der Waals surface area (Å²) < 4.78 is 1.87. The van der Waals surface area contributed by atoms with Crippen LogP contribution in [0, 0.1) is 0 Å². The first-order chi connectivity index (χ1) is 10.2. The molecule has 1 aromatic heterocycles. The Morgan fingerprint density at radius 2 is 1.95 bits per heavy atom. The second kappa shape index (κ2) is 6.55. The summed E-state index contributed by atoms with van der Waals surface area (Å²) in [6.07, 6.45) is 5.62. The van der Waals surface area contributed by atoms with Crippen LogP contribution < -0.4 is 0 Å². The molecule has 3 rings (SSSR count). The number of carbonyl (C=O) groups excluding carboxylic acids is 2. The van der Waals surface area contributed by atoms with Crippen molar-refractivity contribution in [1.29, 1.82) is 0 Å². The molecule has 0 bridgehead atoms. The molecule has 2 fully saturated rings. The molecule has 0 aromatic carbocycles. The Balaban J connectivity index is 1.54. The van der Waals surface area contributed by atoms with Crippen LogP contribution in [0.5, 0.6) is 0 Å². The number of hydrogen-bond donors (Lipinski definition) is 0. The Morgan fingerprint density at radius 3 is 2.67 bits per heavy atom. The maximum absolute atomic E-state index is 12.1. The number of nitrogens with zero attached hydrogens (tertiary/aromatic N) is 5. The summed E-state index contributed by atoms with van der Waals surface area (Å²) in [6.45, 7) is 1.09. The smallest absolute Gasteiger partial charge is 0.233 e. The van der Waals surface area contributed by atoms with Gasteiger partial charge in [-0.3, -0.25) is 9.59 Å². The van der Waals surface area contributed by atoms with Gasteiger partial charge >= 0.3 is 0 Å². The van der Waals surface area contributed by atoms with Crippen molar-refractivity contribution in [3.8, 4) is 0 Å². The molecule has 2 aliphatic rings. The molecule has 1 aliphatic carbocycles. The molecular weight excluding hydrogens is 290 g/mol. The van der Waals surface area contributed by atoms with Crippen molar-refractivity contribution in [1.82, 2.24) is 25.1 Å². The summed E-state index contributed by atoms with van der Waals surface area (Å²) in [6, 6.07) is 0.380. The number of tetrazole rings is 1. The zero-order valence-electron chi connectivity index (χ0n) is 11.9. The van der Waals surface area contributed by atoms with E-state index in [1.807, 2.05) is 4.68 Å². The number of likely N-dealkylation sites (tertiary alicyclic amines) is 1. The maximum Gasteiger partial charge on any atom is 0.233 e. The van der Waals surface area contributed by atoms with Crippen LogP contribution in [-0.4, -0.2) is 55.6 Å². The quantitative estimate of drug-likeness (QED) is 0.774. The number of carbonyl (C=O) groups is 2. The van der Waals surface area contributed by atoms with Crippen molar-refractivity contribution in [3.05, 3.63) is 0 Å². The minimum absolute atomic E-state index is 0.0634. The third-order valence-electron chi connectivity index (χ3n) is 4.13. The number of aromatic nitrogens is 4. The van der Waals surface area contributed by atoms with Crippen LogP contribution in [0.3, 0.4) is 0 Å². The van der Waals surface area contributed by atoms with E-state index in [0.29, 0.717) is 37.7 Å². The van der Waals surface area contributed by atoms with Gasteiger partial charge in [0.1, 0.15) is 5.78 Å². The highest BCUT2D eigenvalue weighted by Gasteiger charge is 2.24. The van der Waals surface area contributed by atoms with Gasteiger partial charge in [-0.2, -0.15) is 0 Å². The minimum Gasteiger partial charge on any atom is -0.341 e. The number of rotatable bonds is 4. The average molecular weight is 309 g/mol. The summed E-state index contributed by atoms with van der Waals surface area (Å²) in [7, 11) is 0. The first-order valence-corrected chi connectivity index (χ1v) is 8.43. The standard InChI is InChI=1S/C13H19N5O2S/c19-11-5-7-17(8-6-11)12(20)9-21-13-14-15-16-18(13)10-3-1-2-4-10/h10H,1-9H2. The van der Waals surface area contributed by atoms with Crippen molar-refractivity contribution in [2.75, 3.05) is 18.8 Å². The van der Waals surface area contributed by atoms with E-state index in [-0.39, 0.29) is 11.7 Å². The molecule has 1 aliphatic heterocycles. The topological polar surface area (TPSA) is 81.0 Å². The van der Waals surface area contributed by atoms with E-state index in [0.717, 1.165) is 18.0 Å². The van der Waals surface area contributed by atoms with Gasteiger partial charge in [-0.25, -0.2) is 4.68 Å². The van der Waals surface area contributed by atoms with E-state index in [1.54, 1.807) is 4.90 Å². The van der Waals surface area contributed by atoms with Crippen LogP contribution in [0.1, 0.15) is 44.6 Å². The van der Waals surface area contributed by atoms with E-state index in [4.69, 9.17) is 0 Å². The van der Waals surface area contributed by atoms with Crippen LogP contribution in [0.4, 0.5) is 0 Å². The number of amides is 1. The van der Waals surface area contributed by atoms with Crippen molar-refractivity contribution in [3.63, 3.8) is 0 Å². The van der Waals surface area contributed by atoms with Gasteiger partial charge in [-0.1, -0.05) is 24.6 Å². The molecule has 0 spiro atoms. The summed E-state index contributed by atoms with van der Waals surface area (Å²) in [5, 5.41) is 12.6. The molecule has 0 radical (unpaired) electrons. The van der Waals surface area contributed by atoms with Gasteiger partial charge in [-0.15, -0.1) is 5.10 Å². The molecule has 1 aromatic rings. The van der Waals surface area contributed by atoms with Gasteiger partial charge in [-0.05, 0) is 23.3 Å². The average Bonchev–Trinajstić information content (AvgIpc) is 3.16. The highest BCUT2D eigenvalue weighted by atomic mass is 32.2. The Bertz CT molecular complexity index is 516. The number of thioether (sulfide) groups is 1. The van der Waals surface area contributed by atoms with Crippen molar-refractivity contribution in [2.45, 2.75) is 49.7 Å². The lowest BCUT2D eigenvalue weighted by molar-refractivity contribution is -0.132. The largest absolute Gasteiger partial charge is 0.341 e. The summed E-state index contributed by atoms with van der Waals surface area (Å²) in [5.74, 6) is 0.645. The van der Waals surface area contributed by atoms with Crippen LogP contribution in [0.2, 0.25) is 0 Å². The Labute approximate surface area is 127 Å². The molecule has 0 unspecified atom stereocenters. The zero-order valence-corrected chi connectivity index (χ0v) is 12.7. The van der Waals surface area contributed by atoms with Gasteiger partial charge in [0.05, 0.1) is 11.8 Å². The van der Waals surface area contributed by atoms with Gasteiger partial charge < -0.3 is 4.90 Å². The second-order valence-electron chi connectivity index (χ2n) is 5.55. The van der Waals surface area contributed by atoms with E-state index < -0.39 is 0 Å². The highest BCUT2D eigenvalue weighted by molar-refractivity contribution is 7.99. The fourth-order valence-electron chi connectivity index (χ4n) is 2.88. The summed E-state index contributed by atoms with van der Waals surface area (Å²) in [4.78, 5) is 25.1. The lowest BCUT2D eigenvalue weighted by Gasteiger charge is -2.25. The van der Waals surface area contributed by atoms with Crippen molar-refractivity contribution < 1.29 is 9.59 Å². The van der Waals surface area contributed by atoms with Crippen molar-refractivity contribution in [2.24, 2.45) is 0 Å². The molecule has 2 heterocycles. The number of piperidine rings is 1. The molecule has 0 N–H and O–H groups in total. The molecule has 1 saturated heterocycles. The third kappa shape index (κ3) is 3.42. The highest BCUT2D eigenvalue weighted by Crippen LogP contribution is 2.31. The minimum atomic E-state index is 0.0634. The number of hydrogen-bond acceptors (Lipinski definition) is 6. The molecule has 21 heavy (non-hydrogen) atoms. The first kappa shape index (κ1) is 14.5. The molecule has 1 saturated carbocycles. The van der Waals surface area contributed by atoms with Gasteiger partial charge in [0, 0.05) is 25.9 Å². The Morgan fingerprint density at radius 1 is 1.24 bits per heavy atom. The van der Waals surface area contributed by atoms with E-state index in [1.165, 1.54) is 24.6 Å². The monoisotopic (exact) mass is 309 g/mol. The molecule has 8 heteroatoms. The van der Waals surface area contributed by atoms with E-state index in [9.17, 15) is 9.59 Å². The van der Waals surface area contributed by atoms with Gasteiger partial charge in [0.15, 0.2) is 0 Å². The van der Waals surface area contributed by atoms with Crippen LogP contribution in [0.25, 0.3) is 0 Å². The summed E-state index contributed by atoms with van der Waals surface area (Å²) in [5.41, 5.74) is 0. The van der Waals surface area contributed by atoms with Crippen LogP contribution >= 0.6 is 11.8 Å². The fraction of sp³-hybridized carbons (Fsp3) is 0.769. The van der Waals surface area contributed by atoms with Crippen LogP contribution in [-0.2, 0) is 9.59 Å². The van der Waals surface area contributed by atoms with Crippen LogP contribution in [0.15, 0.2) is 5.16 Å². The predicted octanol–water partition coefficient (Wildman–Crippen LogP) is 1.07. The normalized spacial score (nSPS) is 20.2. The first-order valence-electron chi connectivity index (χ1n) is 7.44. The number of ketones is 1. The van der Waals surface area contributed by atoms with Crippen molar-refractivity contribution >= 4 is 23.5 Å². The Kier molecular flexibility index (Phi) is 4.52. The maximum atomic E-state index is 12.1.